The molecule has 6 heteroatoms. The summed E-state index contributed by atoms with van der Waals surface area (Å²) >= 11 is 9.56. The summed E-state index contributed by atoms with van der Waals surface area (Å²) < 4.78 is 2.97. The molecule has 0 radical (unpaired) electrons. The average molecular weight is 431 g/mol. The molecule has 0 atom stereocenters. The molecule has 3 aromatic rings. The smallest absolute Gasteiger partial charge is 0.242 e. The lowest BCUT2D eigenvalue weighted by Gasteiger charge is -2.28. The third-order valence-corrected chi connectivity index (χ3v) is 5.33. The van der Waals surface area contributed by atoms with Crippen LogP contribution >= 0.6 is 27.5 Å². The maximum absolute atomic E-state index is 12.5. The summed E-state index contributed by atoms with van der Waals surface area (Å²) in [4.78, 5) is 18.9. The summed E-state index contributed by atoms with van der Waals surface area (Å²) in [5.41, 5.74) is 4.20. The van der Waals surface area contributed by atoms with Crippen molar-refractivity contribution < 1.29 is 4.79 Å². The van der Waals surface area contributed by atoms with Crippen LogP contribution in [0.1, 0.15) is 11.3 Å². The minimum Gasteiger partial charge on any atom is -0.335 e. The van der Waals surface area contributed by atoms with E-state index in [0.717, 1.165) is 38.4 Å². The number of benzene rings is 2. The number of imidazole rings is 1. The van der Waals surface area contributed by atoms with Crippen molar-refractivity contribution in [2.45, 2.75) is 19.5 Å². The lowest BCUT2D eigenvalue weighted by atomic mass is 10.1. The summed E-state index contributed by atoms with van der Waals surface area (Å²) in [6.07, 6.45) is 2.55. The van der Waals surface area contributed by atoms with E-state index >= 15 is 0 Å². The van der Waals surface area contributed by atoms with Crippen molar-refractivity contribution >= 4 is 33.4 Å². The van der Waals surface area contributed by atoms with E-state index in [4.69, 9.17) is 11.6 Å². The Bertz CT molecular complexity index is 969. The molecule has 2 heterocycles. The summed E-state index contributed by atoms with van der Waals surface area (Å²) in [5, 5.41) is 0.725. The van der Waals surface area contributed by atoms with Crippen LogP contribution in [0.5, 0.6) is 0 Å². The second-order valence-corrected chi connectivity index (χ2v) is 7.73. The SMILES string of the molecule is O=C1Cn2cnc(-c3cccc(Br)c3)c2CN1CCc1cccc(Cl)c1. The Morgan fingerprint density at radius 1 is 1.12 bits per heavy atom. The van der Waals surface area contributed by atoms with E-state index in [9.17, 15) is 4.79 Å². The van der Waals surface area contributed by atoms with Crippen LogP contribution in [0.4, 0.5) is 0 Å². The Labute approximate surface area is 165 Å². The standard InChI is InChI=1S/C20H17BrClN3O/c21-16-5-2-4-15(10-16)20-18-11-24(19(26)12-25(18)13-23-20)8-7-14-3-1-6-17(22)9-14/h1-6,9-10,13H,7-8,11-12H2. The Morgan fingerprint density at radius 3 is 2.77 bits per heavy atom. The van der Waals surface area contributed by atoms with Gasteiger partial charge in [-0.15, -0.1) is 0 Å². The van der Waals surface area contributed by atoms with Gasteiger partial charge < -0.3 is 9.47 Å². The highest BCUT2D eigenvalue weighted by molar-refractivity contribution is 9.10. The zero-order chi connectivity index (χ0) is 18.1. The van der Waals surface area contributed by atoms with Gasteiger partial charge in [0.25, 0.3) is 0 Å². The Morgan fingerprint density at radius 2 is 1.96 bits per heavy atom. The van der Waals surface area contributed by atoms with Crippen LogP contribution in [-0.4, -0.2) is 26.9 Å². The number of rotatable bonds is 4. The molecule has 0 fully saturated rings. The molecule has 0 aliphatic carbocycles. The number of fused-ring (bicyclic) bond motifs is 1. The van der Waals surface area contributed by atoms with Gasteiger partial charge in [-0.2, -0.15) is 0 Å². The fraction of sp³-hybridized carbons (Fsp3) is 0.200. The average Bonchev–Trinajstić information content (AvgIpc) is 3.02. The molecule has 0 spiro atoms. The molecule has 4 rings (SSSR count). The third-order valence-electron chi connectivity index (χ3n) is 4.60. The number of hydrogen-bond acceptors (Lipinski definition) is 2. The Hall–Kier alpha value is -2.11. The molecule has 4 nitrogen and oxygen atoms in total. The van der Waals surface area contributed by atoms with Gasteiger partial charge in [0, 0.05) is 21.6 Å². The Balaban J connectivity index is 1.55. The zero-order valence-electron chi connectivity index (χ0n) is 14.0. The van der Waals surface area contributed by atoms with Gasteiger partial charge in [-0.25, -0.2) is 4.98 Å². The molecule has 1 aliphatic rings. The van der Waals surface area contributed by atoms with Crippen LogP contribution in [0.2, 0.25) is 5.02 Å². The van der Waals surface area contributed by atoms with Gasteiger partial charge in [0.15, 0.2) is 0 Å². The monoisotopic (exact) mass is 429 g/mol. The molecule has 0 unspecified atom stereocenters. The van der Waals surface area contributed by atoms with Gasteiger partial charge in [-0.3, -0.25) is 4.79 Å². The van der Waals surface area contributed by atoms with Crippen molar-refractivity contribution in [2.75, 3.05) is 6.54 Å². The van der Waals surface area contributed by atoms with E-state index in [1.54, 1.807) is 6.33 Å². The van der Waals surface area contributed by atoms with Crippen molar-refractivity contribution in [3.05, 3.63) is 75.6 Å². The minimum absolute atomic E-state index is 0.123. The molecule has 0 N–H and O–H groups in total. The second-order valence-electron chi connectivity index (χ2n) is 6.37. The number of amides is 1. The Kier molecular flexibility index (Phi) is 4.83. The van der Waals surface area contributed by atoms with E-state index in [1.165, 1.54) is 0 Å². The predicted octanol–water partition coefficient (Wildman–Crippen LogP) is 4.55. The first kappa shape index (κ1) is 17.3. The number of aromatic nitrogens is 2. The van der Waals surface area contributed by atoms with Gasteiger partial charge >= 0.3 is 0 Å². The highest BCUT2D eigenvalue weighted by Crippen LogP contribution is 2.28. The minimum atomic E-state index is 0.123. The summed E-state index contributed by atoms with van der Waals surface area (Å²) in [5.74, 6) is 0.123. The van der Waals surface area contributed by atoms with Crippen LogP contribution in [0.3, 0.4) is 0 Å². The normalized spacial score (nSPS) is 13.8. The number of halogens is 2. The maximum Gasteiger partial charge on any atom is 0.242 e. The molecule has 1 amide bonds. The number of nitrogens with zero attached hydrogens (tertiary/aromatic N) is 3. The quantitative estimate of drug-likeness (QED) is 0.609. The van der Waals surface area contributed by atoms with Crippen molar-refractivity contribution in [3.63, 3.8) is 0 Å². The van der Waals surface area contributed by atoms with Gasteiger partial charge in [-0.1, -0.05) is 51.8 Å². The fourth-order valence-corrected chi connectivity index (χ4v) is 3.87. The summed E-state index contributed by atoms with van der Waals surface area (Å²) in [6, 6.07) is 15.9. The largest absolute Gasteiger partial charge is 0.335 e. The molecule has 26 heavy (non-hydrogen) atoms. The second kappa shape index (κ2) is 7.25. The fourth-order valence-electron chi connectivity index (χ4n) is 3.26. The van der Waals surface area contributed by atoms with Crippen molar-refractivity contribution in [1.29, 1.82) is 0 Å². The van der Waals surface area contributed by atoms with Gasteiger partial charge in [0.1, 0.15) is 6.54 Å². The van der Waals surface area contributed by atoms with E-state index in [1.807, 2.05) is 51.9 Å². The molecule has 1 aliphatic heterocycles. The lowest BCUT2D eigenvalue weighted by molar-refractivity contribution is -0.134. The molecule has 1 aromatic heterocycles. The van der Waals surface area contributed by atoms with Crippen LogP contribution in [0.25, 0.3) is 11.3 Å². The number of hydrogen-bond donors (Lipinski definition) is 0. The van der Waals surface area contributed by atoms with Crippen molar-refractivity contribution in [1.82, 2.24) is 14.5 Å². The van der Waals surface area contributed by atoms with Crippen LogP contribution < -0.4 is 0 Å². The first-order chi connectivity index (χ1) is 12.6. The molecule has 2 aromatic carbocycles. The van der Waals surface area contributed by atoms with Crippen molar-refractivity contribution in [2.24, 2.45) is 0 Å². The predicted molar refractivity (Wildman–Crippen MR) is 106 cm³/mol. The van der Waals surface area contributed by atoms with Crippen LogP contribution in [0, 0.1) is 0 Å². The third kappa shape index (κ3) is 3.55. The lowest BCUT2D eigenvalue weighted by Crippen LogP contribution is -2.40. The zero-order valence-corrected chi connectivity index (χ0v) is 16.4. The first-order valence-corrected chi connectivity index (χ1v) is 9.59. The van der Waals surface area contributed by atoms with Gasteiger partial charge in [0.05, 0.1) is 24.3 Å². The van der Waals surface area contributed by atoms with E-state index in [2.05, 4.69) is 27.0 Å². The molecule has 0 saturated heterocycles. The summed E-state index contributed by atoms with van der Waals surface area (Å²) in [6.45, 7) is 1.58. The summed E-state index contributed by atoms with van der Waals surface area (Å²) in [7, 11) is 0. The van der Waals surface area contributed by atoms with Gasteiger partial charge in [0.2, 0.25) is 5.91 Å². The van der Waals surface area contributed by atoms with E-state index in [-0.39, 0.29) is 5.91 Å². The maximum atomic E-state index is 12.5. The molecular weight excluding hydrogens is 414 g/mol. The number of carbonyl (C=O) groups is 1. The highest BCUT2D eigenvalue weighted by Gasteiger charge is 2.26. The molecule has 0 bridgehead atoms. The van der Waals surface area contributed by atoms with Crippen LogP contribution in [0.15, 0.2) is 59.3 Å². The molecular formula is C20H17BrClN3O. The number of carbonyl (C=O) groups excluding carboxylic acids is 1. The van der Waals surface area contributed by atoms with Gasteiger partial charge in [-0.05, 0) is 36.2 Å². The van der Waals surface area contributed by atoms with E-state index < -0.39 is 0 Å². The molecule has 132 valence electrons. The topological polar surface area (TPSA) is 38.1 Å². The first-order valence-electron chi connectivity index (χ1n) is 8.42. The van der Waals surface area contributed by atoms with Crippen molar-refractivity contribution in [3.8, 4) is 11.3 Å². The van der Waals surface area contributed by atoms with E-state index in [0.29, 0.717) is 19.6 Å². The molecule has 0 saturated carbocycles. The highest BCUT2D eigenvalue weighted by atomic mass is 79.9. The van der Waals surface area contributed by atoms with Crippen LogP contribution in [-0.2, 0) is 24.3 Å².